The smallest absolute Gasteiger partial charge is 0.249 e. The fraction of sp³-hybridized carbons (Fsp3) is 0.435. The van der Waals surface area contributed by atoms with Crippen LogP contribution in [0.5, 0.6) is 0 Å². The largest absolute Gasteiger partial charge is 0.299 e. The maximum Gasteiger partial charge on any atom is 0.249 e. The number of rotatable bonds is 6. The summed E-state index contributed by atoms with van der Waals surface area (Å²) in [6.07, 6.45) is 5.24. The van der Waals surface area contributed by atoms with Crippen molar-refractivity contribution in [2.45, 2.75) is 38.6 Å². The van der Waals surface area contributed by atoms with Gasteiger partial charge in [-0.3, -0.25) is 24.6 Å². The van der Waals surface area contributed by atoms with E-state index < -0.39 is 11.9 Å². The zero-order chi connectivity index (χ0) is 21.7. The highest BCUT2D eigenvalue weighted by molar-refractivity contribution is 7.15. The van der Waals surface area contributed by atoms with Crippen molar-refractivity contribution in [2.75, 3.05) is 5.32 Å². The molecule has 5 atom stereocenters. The Hall–Kier alpha value is -2.87. The molecule has 2 aromatic rings. The van der Waals surface area contributed by atoms with Gasteiger partial charge in [-0.25, -0.2) is 0 Å². The molecule has 2 fully saturated rings. The number of hydrogen-bond donors (Lipinski definition) is 1. The summed E-state index contributed by atoms with van der Waals surface area (Å²) < 4.78 is 0. The SMILES string of the molecule is CC(C)c1nnc(NC(=O)[C@H](Cc2ccccc2)N2C(=O)[C@@H]3[C@H](C2=O)[C@H]2C=C[C@H]3C2)s1. The standard InChI is InChI=1S/C23H24N4O3S/c1-12(2)20-25-26-23(31-20)24-19(28)16(10-13-6-4-3-5-7-13)27-21(29)17-14-8-9-15(11-14)18(17)22(27)30/h3-9,12,14-18H,10-11H2,1-2H3,(H,24,26,28)/t14-,15-,16-,17-,18+/m0/s1. The van der Waals surface area contributed by atoms with Crippen LogP contribution in [0.2, 0.25) is 0 Å². The lowest BCUT2D eigenvalue weighted by Gasteiger charge is -2.26. The molecular formula is C23H24N4O3S. The minimum Gasteiger partial charge on any atom is -0.299 e. The lowest BCUT2D eigenvalue weighted by Crippen LogP contribution is -2.49. The lowest BCUT2D eigenvalue weighted by atomic mass is 9.85. The van der Waals surface area contributed by atoms with Crippen molar-refractivity contribution in [1.29, 1.82) is 0 Å². The van der Waals surface area contributed by atoms with Gasteiger partial charge in [-0.15, -0.1) is 10.2 Å². The van der Waals surface area contributed by atoms with Crippen LogP contribution >= 0.6 is 11.3 Å². The number of benzene rings is 1. The van der Waals surface area contributed by atoms with E-state index >= 15 is 0 Å². The van der Waals surface area contributed by atoms with Crippen molar-refractivity contribution in [1.82, 2.24) is 15.1 Å². The van der Waals surface area contributed by atoms with Crippen LogP contribution in [0.1, 0.15) is 36.8 Å². The highest BCUT2D eigenvalue weighted by atomic mass is 32.1. The van der Waals surface area contributed by atoms with E-state index in [2.05, 4.69) is 27.7 Å². The topological polar surface area (TPSA) is 92.3 Å². The van der Waals surface area contributed by atoms with Crippen LogP contribution in [0.4, 0.5) is 5.13 Å². The minimum absolute atomic E-state index is 0.105. The Morgan fingerprint density at radius 3 is 2.32 bits per heavy atom. The van der Waals surface area contributed by atoms with Gasteiger partial charge in [-0.05, 0) is 23.8 Å². The first-order chi connectivity index (χ1) is 14.9. The Morgan fingerprint density at radius 2 is 1.74 bits per heavy atom. The van der Waals surface area contributed by atoms with Crippen LogP contribution in [0.3, 0.4) is 0 Å². The number of anilines is 1. The third kappa shape index (κ3) is 3.39. The Morgan fingerprint density at radius 1 is 1.10 bits per heavy atom. The van der Waals surface area contributed by atoms with Crippen LogP contribution < -0.4 is 5.32 Å². The highest BCUT2D eigenvalue weighted by Crippen LogP contribution is 2.53. The monoisotopic (exact) mass is 436 g/mol. The average Bonchev–Trinajstić information content (AvgIpc) is 3.52. The number of likely N-dealkylation sites (tertiary alicyclic amines) is 1. The van der Waals surface area contributed by atoms with E-state index in [0.717, 1.165) is 17.0 Å². The predicted octanol–water partition coefficient (Wildman–Crippen LogP) is 3.02. The van der Waals surface area contributed by atoms with Crippen LogP contribution in [-0.2, 0) is 20.8 Å². The molecule has 8 heteroatoms. The summed E-state index contributed by atoms with van der Waals surface area (Å²) in [7, 11) is 0. The fourth-order valence-electron chi connectivity index (χ4n) is 5.08. The first-order valence-corrected chi connectivity index (χ1v) is 11.5. The number of carbonyl (C=O) groups is 3. The third-order valence-corrected chi connectivity index (χ3v) is 7.69. The van der Waals surface area contributed by atoms with Gasteiger partial charge >= 0.3 is 0 Å². The summed E-state index contributed by atoms with van der Waals surface area (Å²) in [6, 6.07) is 8.55. The molecule has 31 heavy (non-hydrogen) atoms. The molecule has 5 rings (SSSR count). The number of allylic oxidation sites excluding steroid dienone is 2. The molecule has 2 bridgehead atoms. The number of hydrogen-bond acceptors (Lipinski definition) is 6. The van der Waals surface area contributed by atoms with Crippen molar-refractivity contribution in [2.24, 2.45) is 23.7 Å². The van der Waals surface area contributed by atoms with Crippen LogP contribution in [0.15, 0.2) is 42.5 Å². The molecule has 0 unspecified atom stereocenters. The first-order valence-electron chi connectivity index (χ1n) is 10.7. The fourth-order valence-corrected chi connectivity index (χ4v) is 5.83. The molecule has 3 amide bonds. The van der Waals surface area contributed by atoms with Crippen molar-refractivity contribution in [3.05, 3.63) is 53.1 Å². The van der Waals surface area contributed by atoms with E-state index in [-0.39, 0.29) is 47.8 Å². The van der Waals surface area contributed by atoms with Gasteiger partial charge in [-0.1, -0.05) is 67.7 Å². The van der Waals surface area contributed by atoms with Crippen molar-refractivity contribution in [3.63, 3.8) is 0 Å². The van der Waals surface area contributed by atoms with Gasteiger partial charge in [0.1, 0.15) is 11.0 Å². The molecule has 7 nitrogen and oxygen atoms in total. The Labute approximate surface area is 184 Å². The predicted molar refractivity (Wildman–Crippen MR) is 116 cm³/mol. The summed E-state index contributed by atoms with van der Waals surface area (Å²) in [6.45, 7) is 4.01. The summed E-state index contributed by atoms with van der Waals surface area (Å²) >= 11 is 1.31. The molecule has 2 heterocycles. The van der Waals surface area contributed by atoms with Crippen LogP contribution in [0.25, 0.3) is 0 Å². The molecule has 1 saturated carbocycles. The molecule has 160 valence electrons. The van der Waals surface area contributed by atoms with Crippen LogP contribution in [0, 0.1) is 23.7 Å². The van der Waals surface area contributed by atoms with Gasteiger partial charge in [0.15, 0.2) is 0 Å². The number of nitrogens with one attached hydrogen (secondary N) is 1. The van der Waals surface area contributed by atoms with Crippen LogP contribution in [-0.4, -0.2) is 38.9 Å². The quantitative estimate of drug-likeness (QED) is 0.555. The molecule has 0 radical (unpaired) electrons. The van der Waals surface area contributed by atoms with E-state index in [4.69, 9.17) is 0 Å². The minimum atomic E-state index is -0.918. The maximum absolute atomic E-state index is 13.3. The summed E-state index contributed by atoms with van der Waals surface area (Å²) in [4.78, 5) is 41.2. The summed E-state index contributed by atoms with van der Waals surface area (Å²) in [5.41, 5.74) is 0.890. The molecule has 2 aliphatic carbocycles. The van der Waals surface area contributed by atoms with Gasteiger partial charge in [0.25, 0.3) is 0 Å². The molecular weight excluding hydrogens is 412 g/mol. The van der Waals surface area contributed by atoms with E-state index in [9.17, 15) is 14.4 Å². The molecule has 1 N–H and O–H groups in total. The molecule has 1 saturated heterocycles. The number of fused-ring (bicyclic) bond motifs is 5. The summed E-state index contributed by atoms with van der Waals surface area (Å²) in [5, 5.41) is 12.2. The molecule has 1 aromatic carbocycles. The normalized spacial score (nSPS) is 27.3. The second-order valence-corrected chi connectivity index (χ2v) is 9.85. The summed E-state index contributed by atoms with van der Waals surface area (Å²) in [5.74, 6) is -1.09. The number of imide groups is 1. The molecule has 1 aromatic heterocycles. The van der Waals surface area contributed by atoms with E-state index in [1.165, 1.54) is 16.2 Å². The highest BCUT2D eigenvalue weighted by Gasteiger charge is 2.61. The zero-order valence-electron chi connectivity index (χ0n) is 17.4. The first kappa shape index (κ1) is 20.1. The number of carbonyl (C=O) groups excluding carboxylic acids is 3. The van der Waals surface area contributed by atoms with Gasteiger partial charge in [0.05, 0.1) is 11.8 Å². The molecule has 1 aliphatic heterocycles. The van der Waals surface area contributed by atoms with Crippen molar-refractivity contribution >= 4 is 34.2 Å². The van der Waals surface area contributed by atoms with Crippen molar-refractivity contribution < 1.29 is 14.4 Å². The Balaban J connectivity index is 1.44. The Bertz CT molecular complexity index is 1030. The van der Waals surface area contributed by atoms with E-state index in [1.807, 2.05) is 44.2 Å². The molecule has 3 aliphatic rings. The average molecular weight is 437 g/mol. The van der Waals surface area contributed by atoms with Gasteiger partial charge in [0.2, 0.25) is 22.9 Å². The number of nitrogens with zero attached hydrogens (tertiary/aromatic N) is 3. The lowest BCUT2D eigenvalue weighted by molar-refractivity contribution is -0.147. The third-order valence-electron chi connectivity index (χ3n) is 6.56. The van der Waals surface area contributed by atoms with Crippen molar-refractivity contribution in [3.8, 4) is 0 Å². The number of amides is 3. The second kappa shape index (κ2) is 7.67. The van der Waals surface area contributed by atoms with Gasteiger partial charge in [-0.2, -0.15) is 0 Å². The van der Waals surface area contributed by atoms with E-state index in [1.54, 1.807) is 0 Å². The van der Waals surface area contributed by atoms with E-state index in [0.29, 0.717) is 5.13 Å². The number of aromatic nitrogens is 2. The zero-order valence-corrected chi connectivity index (χ0v) is 18.2. The molecule has 0 spiro atoms. The maximum atomic E-state index is 13.3. The Kier molecular flexibility index (Phi) is 4.97. The van der Waals surface area contributed by atoms with Gasteiger partial charge < -0.3 is 0 Å². The van der Waals surface area contributed by atoms with Gasteiger partial charge in [0, 0.05) is 12.3 Å². The second-order valence-electron chi connectivity index (χ2n) is 8.84.